The van der Waals surface area contributed by atoms with E-state index in [0.29, 0.717) is 18.1 Å². The lowest BCUT2D eigenvalue weighted by Crippen LogP contribution is -2.12. The molecule has 3 rings (SSSR count). The molecule has 2 heterocycles. The van der Waals surface area contributed by atoms with E-state index in [2.05, 4.69) is 20.6 Å². The molecule has 0 spiro atoms. The number of amides is 1. The summed E-state index contributed by atoms with van der Waals surface area (Å²) in [6.07, 6.45) is 5.01. The lowest BCUT2D eigenvalue weighted by atomic mass is 10.2. The lowest BCUT2D eigenvalue weighted by Gasteiger charge is -2.08. The molecule has 0 aliphatic heterocycles. The summed E-state index contributed by atoms with van der Waals surface area (Å²) in [5, 5.41) is 5.86. The van der Waals surface area contributed by atoms with Crippen LogP contribution in [0.25, 0.3) is 0 Å². The van der Waals surface area contributed by atoms with Crippen LogP contribution in [0.5, 0.6) is 0 Å². The van der Waals surface area contributed by atoms with Gasteiger partial charge < -0.3 is 10.6 Å². The molecule has 24 heavy (non-hydrogen) atoms. The standard InChI is InChI=1S/C18H15FN4O/c19-15-3-1-2-14(10-15)18(24)23-16-4-5-17(22-12-16)21-11-13-6-8-20-9-7-13/h1-10,12H,11H2,(H,21,22)(H,23,24). The molecule has 2 N–H and O–H groups in total. The van der Waals surface area contributed by atoms with Gasteiger partial charge in [0.2, 0.25) is 0 Å². The summed E-state index contributed by atoms with van der Waals surface area (Å²) < 4.78 is 13.1. The number of rotatable bonds is 5. The van der Waals surface area contributed by atoms with Crippen molar-refractivity contribution in [3.8, 4) is 0 Å². The van der Waals surface area contributed by atoms with Crippen LogP contribution in [-0.4, -0.2) is 15.9 Å². The van der Waals surface area contributed by atoms with Gasteiger partial charge in [0, 0.05) is 24.5 Å². The van der Waals surface area contributed by atoms with Gasteiger partial charge in [-0.3, -0.25) is 9.78 Å². The molecule has 6 heteroatoms. The van der Waals surface area contributed by atoms with Crippen molar-refractivity contribution < 1.29 is 9.18 Å². The molecule has 1 amide bonds. The van der Waals surface area contributed by atoms with E-state index in [4.69, 9.17) is 0 Å². The number of anilines is 2. The smallest absolute Gasteiger partial charge is 0.255 e. The summed E-state index contributed by atoms with van der Waals surface area (Å²) in [7, 11) is 0. The van der Waals surface area contributed by atoms with Gasteiger partial charge in [0.15, 0.2) is 0 Å². The van der Waals surface area contributed by atoms with Gasteiger partial charge in [0.1, 0.15) is 11.6 Å². The summed E-state index contributed by atoms with van der Waals surface area (Å²) in [6.45, 7) is 0.629. The first kappa shape index (κ1) is 15.6. The van der Waals surface area contributed by atoms with E-state index in [-0.39, 0.29) is 11.5 Å². The Hall–Kier alpha value is -3.28. The second kappa shape index (κ2) is 7.32. The van der Waals surface area contributed by atoms with Crippen LogP contribution >= 0.6 is 0 Å². The van der Waals surface area contributed by atoms with Crippen LogP contribution in [0.3, 0.4) is 0 Å². The van der Waals surface area contributed by atoms with Crippen LogP contribution in [0.2, 0.25) is 0 Å². The fraction of sp³-hybridized carbons (Fsp3) is 0.0556. The van der Waals surface area contributed by atoms with Gasteiger partial charge >= 0.3 is 0 Å². The Morgan fingerprint density at radius 3 is 2.62 bits per heavy atom. The first-order valence-corrected chi connectivity index (χ1v) is 7.36. The molecular weight excluding hydrogens is 307 g/mol. The first-order valence-electron chi connectivity index (χ1n) is 7.36. The van der Waals surface area contributed by atoms with Crippen LogP contribution in [0.15, 0.2) is 67.1 Å². The van der Waals surface area contributed by atoms with Crippen molar-refractivity contribution in [3.05, 3.63) is 84.1 Å². The Morgan fingerprint density at radius 1 is 1.08 bits per heavy atom. The molecule has 2 aromatic heterocycles. The molecule has 0 radical (unpaired) electrons. The Morgan fingerprint density at radius 2 is 1.92 bits per heavy atom. The average Bonchev–Trinajstić information content (AvgIpc) is 2.62. The molecular formula is C18H15FN4O. The first-order chi connectivity index (χ1) is 11.7. The highest BCUT2D eigenvalue weighted by Gasteiger charge is 2.07. The zero-order valence-corrected chi connectivity index (χ0v) is 12.7. The van der Waals surface area contributed by atoms with Crippen molar-refractivity contribution in [1.29, 1.82) is 0 Å². The molecule has 0 atom stereocenters. The van der Waals surface area contributed by atoms with Crippen LogP contribution in [-0.2, 0) is 6.54 Å². The highest BCUT2D eigenvalue weighted by Crippen LogP contribution is 2.13. The Bertz CT molecular complexity index is 822. The number of carbonyl (C=O) groups is 1. The largest absolute Gasteiger partial charge is 0.366 e. The normalized spacial score (nSPS) is 10.2. The maximum atomic E-state index is 13.1. The minimum Gasteiger partial charge on any atom is -0.366 e. The molecule has 0 saturated carbocycles. The average molecular weight is 322 g/mol. The molecule has 0 aliphatic rings. The maximum Gasteiger partial charge on any atom is 0.255 e. The molecule has 3 aromatic rings. The Balaban J connectivity index is 1.59. The molecule has 0 saturated heterocycles. The van der Waals surface area contributed by atoms with Crippen molar-refractivity contribution in [2.24, 2.45) is 0 Å². The monoisotopic (exact) mass is 322 g/mol. The van der Waals surface area contributed by atoms with Crippen LogP contribution < -0.4 is 10.6 Å². The Labute approximate surface area is 138 Å². The van der Waals surface area contributed by atoms with E-state index in [1.54, 1.807) is 36.8 Å². The Kier molecular flexibility index (Phi) is 4.76. The lowest BCUT2D eigenvalue weighted by molar-refractivity contribution is 0.102. The van der Waals surface area contributed by atoms with Crippen LogP contribution in [0.1, 0.15) is 15.9 Å². The molecule has 0 aliphatic carbocycles. The third-order valence-corrected chi connectivity index (χ3v) is 3.33. The molecule has 120 valence electrons. The summed E-state index contributed by atoms with van der Waals surface area (Å²) in [5.74, 6) is -0.138. The number of pyridine rings is 2. The number of carbonyl (C=O) groups excluding carboxylic acids is 1. The number of hydrogen-bond acceptors (Lipinski definition) is 4. The highest BCUT2D eigenvalue weighted by atomic mass is 19.1. The highest BCUT2D eigenvalue weighted by molar-refractivity contribution is 6.04. The second-order valence-electron chi connectivity index (χ2n) is 5.11. The number of nitrogens with zero attached hydrogens (tertiary/aromatic N) is 2. The van der Waals surface area contributed by atoms with Crippen molar-refractivity contribution in [2.45, 2.75) is 6.54 Å². The van der Waals surface area contributed by atoms with Gasteiger partial charge in [0.05, 0.1) is 11.9 Å². The minimum atomic E-state index is -0.448. The van der Waals surface area contributed by atoms with E-state index in [0.717, 1.165) is 5.56 Å². The molecule has 0 fully saturated rings. The van der Waals surface area contributed by atoms with E-state index in [1.165, 1.54) is 18.2 Å². The third-order valence-electron chi connectivity index (χ3n) is 3.33. The van der Waals surface area contributed by atoms with Crippen molar-refractivity contribution >= 4 is 17.4 Å². The number of nitrogens with one attached hydrogen (secondary N) is 2. The molecule has 0 bridgehead atoms. The van der Waals surface area contributed by atoms with Gasteiger partial charge in [-0.05, 0) is 48.0 Å². The van der Waals surface area contributed by atoms with E-state index >= 15 is 0 Å². The van der Waals surface area contributed by atoms with E-state index in [9.17, 15) is 9.18 Å². The predicted octanol–water partition coefficient (Wildman–Crippen LogP) is 3.48. The van der Waals surface area contributed by atoms with Crippen LogP contribution in [0, 0.1) is 5.82 Å². The van der Waals surface area contributed by atoms with Gasteiger partial charge in [-0.1, -0.05) is 6.07 Å². The SMILES string of the molecule is O=C(Nc1ccc(NCc2ccncc2)nc1)c1cccc(F)c1. The number of benzene rings is 1. The summed E-state index contributed by atoms with van der Waals surface area (Å²) in [6, 6.07) is 12.9. The maximum absolute atomic E-state index is 13.1. The quantitative estimate of drug-likeness (QED) is 0.755. The van der Waals surface area contributed by atoms with Gasteiger partial charge in [0.25, 0.3) is 5.91 Å². The van der Waals surface area contributed by atoms with Crippen molar-refractivity contribution in [3.63, 3.8) is 0 Å². The minimum absolute atomic E-state index is 0.259. The third kappa shape index (κ3) is 4.13. The fourth-order valence-electron chi connectivity index (χ4n) is 2.10. The number of aromatic nitrogens is 2. The van der Waals surface area contributed by atoms with Gasteiger partial charge in [-0.25, -0.2) is 9.37 Å². The van der Waals surface area contributed by atoms with Crippen LogP contribution in [0.4, 0.5) is 15.9 Å². The zero-order chi connectivity index (χ0) is 16.8. The van der Waals surface area contributed by atoms with Crippen molar-refractivity contribution in [1.82, 2.24) is 9.97 Å². The molecule has 5 nitrogen and oxygen atoms in total. The molecule has 0 unspecified atom stereocenters. The summed E-state index contributed by atoms with van der Waals surface area (Å²) >= 11 is 0. The summed E-state index contributed by atoms with van der Waals surface area (Å²) in [5.41, 5.74) is 1.89. The van der Waals surface area contributed by atoms with E-state index in [1.807, 2.05) is 12.1 Å². The van der Waals surface area contributed by atoms with Gasteiger partial charge in [-0.15, -0.1) is 0 Å². The van der Waals surface area contributed by atoms with Crippen molar-refractivity contribution in [2.75, 3.05) is 10.6 Å². The number of hydrogen-bond donors (Lipinski definition) is 2. The fourth-order valence-corrected chi connectivity index (χ4v) is 2.10. The summed E-state index contributed by atoms with van der Waals surface area (Å²) in [4.78, 5) is 20.2. The second-order valence-corrected chi connectivity index (χ2v) is 5.11. The predicted molar refractivity (Wildman–Crippen MR) is 90.2 cm³/mol. The number of halogens is 1. The zero-order valence-electron chi connectivity index (χ0n) is 12.7. The molecule has 1 aromatic carbocycles. The van der Waals surface area contributed by atoms with Gasteiger partial charge in [-0.2, -0.15) is 0 Å². The van der Waals surface area contributed by atoms with E-state index < -0.39 is 5.82 Å². The topological polar surface area (TPSA) is 66.9 Å².